The lowest BCUT2D eigenvalue weighted by Gasteiger charge is -2.43. The van der Waals surface area contributed by atoms with Crippen LogP contribution in [-0.4, -0.2) is 48.8 Å². The Morgan fingerprint density at radius 2 is 1.66 bits per heavy atom. The third-order valence-electron chi connectivity index (χ3n) is 10.0. The second-order valence-corrected chi connectivity index (χ2v) is 14.5. The molecular weight excluding hydrogens is 639 g/mol. The summed E-state index contributed by atoms with van der Waals surface area (Å²) < 4.78 is 16.9. The van der Waals surface area contributed by atoms with Crippen molar-refractivity contribution in [1.29, 1.82) is 0 Å². The van der Waals surface area contributed by atoms with Crippen LogP contribution in [0.2, 0.25) is 0 Å². The van der Waals surface area contributed by atoms with Crippen LogP contribution in [0.3, 0.4) is 0 Å². The number of para-hydroxylation sites is 1. The molecule has 8 rings (SSSR count). The molecule has 2 N–H and O–H groups in total. The van der Waals surface area contributed by atoms with Crippen molar-refractivity contribution < 1.29 is 28.6 Å². The summed E-state index contributed by atoms with van der Waals surface area (Å²) in [7, 11) is 3.13. The Morgan fingerprint density at radius 3 is 2.38 bits per heavy atom. The summed E-state index contributed by atoms with van der Waals surface area (Å²) in [6.45, 7) is -0.202. The molecule has 2 saturated carbocycles. The van der Waals surface area contributed by atoms with Crippen LogP contribution in [0.5, 0.6) is 17.2 Å². The van der Waals surface area contributed by atoms with Gasteiger partial charge in [-0.3, -0.25) is 24.1 Å². The fourth-order valence-corrected chi connectivity index (χ4v) is 11.1. The van der Waals surface area contributed by atoms with Gasteiger partial charge in [-0.15, -0.1) is 11.8 Å². The first-order chi connectivity index (χ1) is 22.9. The number of nitrogens with zero attached hydrogens (tertiary/aromatic N) is 1. The number of carbonyl (C=O) groups is 3. The number of imide groups is 1. The predicted molar refractivity (Wildman–Crippen MR) is 178 cm³/mol. The first-order valence-corrected chi connectivity index (χ1v) is 17.1. The van der Waals surface area contributed by atoms with Gasteiger partial charge in [-0.1, -0.05) is 35.6 Å². The van der Waals surface area contributed by atoms with Crippen molar-refractivity contribution in [2.75, 3.05) is 31.0 Å². The van der Waals surface area contributed by atoms with E-state index in [1.165, 1.54) is 16.2 Å². The van der Waals surface area contributed by atoms with Crippen molar-refractivity contribution in [3.05, 3.63) is 92.9 Å². The number of carbonyl (C=O) groups excluding carboxylic acids is 3. The molecule has 0 radical (unpaired) electrons. The minimum atomic E-state index is -0.413. The Kier molecular flexibility index (Phi) is 7.36. The molecule has 2 aliphatic heterocycles. The highest BCUT2D eigenvalue weighted by Gasteiger charge is 2.69. The van der Waals surface area contributed by atoms with Crippen LogP contribution in [0.15, 0.2) is 82.6 Å². The van der Waals surface area contributed by atoms with Gasteiger partial charge in [-0.05, 0) is 78.3 Å². The molecule has 4 unspecified atom stereocenters. The summed E-state index contributed by atoms with van der Waals surface area (Å²) in [6, 6.07) is 21.8. The van der Waals surface area contributed by atoms with Crippen LogP contribution >= 0.6 is 23.1 Å². The van der Waals surface area contributed by atoms with E-state index in [2.05, 4.69) is 10.3 Å². The molecule has 1 saturated heterocycles. The smallest absolute Gasteiger partial charge is 0.305 e. The summed E-state index contributed by atoms with van der Waals surface area (Å²) in [5.41, 5.74) is 2.17. The van der Waals surface area contributed by atoms with Gasteiger partial charge in [0.15, 0.2) is 18.1 Å². The van der Waals surface area contributed by atoms with Crippen molar-refractivity contribution in [2.24, 2.45) is 29.6 Å². The van der Waals surface area contributed by atoms with E-state index in [0.29, 0.717) is 28.6 Å². The highest BCUT2D eigenvalue weighted by molar-refractivity contribution is 8.00. The molecule has 47 heavy (non-hydrogen) atoms. The van der Waals surface area contributed by atoms with Crippen molar-refractivity contribution in [3.8, 4) is 17.2 Å². The first kappa shape index (κ1) is 29.8. The van der Waals surface area contributed by atoms with Gasteiger partial charge in [0.1, 0.15) is 5.75 Å². The number of hydrogen-bond donors (Lipinski definition) is 2. The lowest BCUT2D eigenvalue weighted by atomic mass is 9.68. The third-order valence-corrected chi connectivity index (χ3v) is 12.6. The molecular formula is C35H31N3O7S2. The molecule has 4 aliphatic rings. The molecule has 3 fully saturated rings. The Morgan fingerprint density at radius 1 is 0.915 bits per heavy atom. The van der Waals surface area contributed by atoms with Crippen LogP contribution in [-0.2, 0) is 14.4 Å². The number of amides is 3. The summed E-state index contributed by atoms with van der Waals surface area (Å²) in [5, 5.41) is 3.70. The zero-order valence-electron chi connectivity index (χ0n) is 25.5. The summed E-state index contributed by atoms with van der Waals surface area (Å²) in [5.74, 6) is -0.0197. The van der Waals surface area contributed by atoms with E-state index in [4.69, 9.17) is 14.2 Å². The number of benzene rings is 3. The Bertz CT molecular complexity index is 1940. The molecule has 10 nitrogen and oxygen atoms in total. The number of H-pyrrole nitrogens is 1. The van der Waals surface area contributed by atoms with Crippen molar-refractivity contribution in [1.82, 2.24) is 4.98 Å². The summed E-state index contributed by atoms with van der Waals surface area (Å²) in [4.78, 5) is 58.4. The minimum absolute atomic E-state index is 0.00591. The average Bonchev–Trinajstić information content (AvgIpc) is 3.83. The van der Waals surface area contributed by atoms with Crippen molar-refractivity contribution >= 4 is 52.2 Å². The Labute approximate surface area is 278 Å². The number of aromatic nitrogens is 1. The number of aromatic amines is 1. The molecule has 240 valence electrons. The normalized spacial score (nSPS) is 26.9. The largest absolute Gasteiger partial charge is 0.497 e. The number of rotatable bonds is 8. The lowest BCUT2D eigenvalue weighted by Crippen LogP contribution is -2.42. The van der Waals surface area contributed by atoms with Crippen LogP contribution in [0.4, 0.5) is 11.4 Å². The number of hydrogen-bond acceptors (Lipinski definition) is 9. The monoisotopic (exact) mass is 669 g/mol. The van der Waals surface area contributed by atoms with E-state index in [1.807, 2.05) is 30.3 Å². The van der Waals surface area contributed by atoms with E-state index in [-0.39, 0.29) is 64.0 Å². The zero-order chi connectivity index (χ0) is 32.4. The second-order valence-electron chi connectivity index (χ2n) is 12.3. The van der Waals surface area contributed by atoms with Crippen LogP contribution in [0.1, 0.15) is 22.8 Å². The fourth-order valence-electron chi connectivity index (χ4n) is 8.23. The number of anilines is 2. The number of thiazole rings is 1. The number of thioether (sulfide) groups is 1. The number of ether oxygens (including phenoxy) is 3. The third kappa shape index (κ3) is 4.84. The topological polar surface area (TPSA) is 127 Å². The molecule has 3 aromatic carbocycles. The van der Waals surface area contributed by atoms with E-state index in [0.717, 1.165) is 21.9 Å². The Hall–Kier alpha value is -4.55. The van der Waals surface area contributed by atoms with Crippen LogP contribution < -0.4 is 29.3 Å². The quantitative estimate of drug-likeness (QED) is 0.247. The minimum Gasteiger partial charge on any atom is -0.497 e. The van der Waals surface area contributed by atoms with Gasteiger partial charge in [0.05, 0.1) is 36.8 Å². The van der Waals surface area contributed by atoms with Gasteiger partial charge in [0, 0.05) is 21.7 Å². The standard InChI is InChI=1S/C35H31N3O7S2/c1-43-20-11-9-19(10-12-20)38-33(40)28-21-15-22(29(28)34(38)41)30-27(21)26(31-32(46-30)37-35(42)47-31)17-8-13-23(24(14-17)44-2)45-16-25(39)36-18-6-4-3-5-7-18/h3-14,21-22,26-30H,15-16H2,1-2H3,(H,36,39)(H,37,42)/t21-,22-,26-,27?,28?,29?,30?/m1/s1. The van der Waals surface area contributed by atoms with E-state index in [9.17, 15) is 19.2 Å². The van der Waals surface area contributed by atoms with Gasteiger partial charge in [0.25, 0.3) is 5.91 Å². The number of nitrogens with one attached hydrogen (secondary N) is 2. The molecule has 3 amide bonds. The van der Waals surface area contributed by atoms with Gasteiger partial charge in [0.2, 0.25) is 11.8 Å². The molecule has 3 heterocycles. The highest BCUT2D eigenvalue weighted by atomic mass is 32.2. The summed E-state index contributed by atoms with van der Waals surface area (Å²) in [6.07, 6.45) is 0.788. The van der Waals surface area contributed by atoms with Crippen LogP contribution in [0, 0.1) is 29.6 Å². The lowest BCUT2D eigenvalue weighted by molar-refractivity contribution is -0.123. The maximum atomic E-state index is 14.0. The predicted octanol–water partition coefficient (Wildman–Crippen LogP) is 5.15. The van der Waals surface area contributed by atoms with E-state index >= 15 is 0 Å². The molecule has 2 bridgehead atoms. The van der Waals surface area contributed by atoms with Crippen molar-refractivity contribution in [3.63, 3.8) is 0 Å². The van der Waals surface area contributed by atoms with Gasteiger partial charge >= 0.3 is 4.87 Å². The van der Waals surface area contributed by atoms with Gasteiger partial charge in [-0.25, -0.2) is 0 Å². The molecule has 0 spiro atoms. The number of methoxy groups -OCH3 is 2. The Balaban J connectivity index is 1.09. The van der Waals surface area contributed by atoms with Gasteiger partial charge < -0.3 is 24.5 Å². The molecule has 12 heteroatoms. The number of fused-ring (bicyclic) bond motifs is 9. The van der Waals surface area contributed by atoms with Crippen molar-refractivity contribution in [2.45, 2.75) is 22.6 Å². The maximum absolute atomic E-state index is 14.0. The molecule has 7 atom stereocenters. The second kappa shape index (κ2) is 11.6. The molecule has 2 aliphatic carbocycles. The summed E-state index contributed by atoms with van der Waals surface area (Å²) >= 11 is 2.84. The average molecular weight is 670 g/mol. The van der Waals surface area contributed by atoms with E-state index in [1.54, 1.807) is 68.4 Å². The zero-order valence-corrected chi connectivity index (χ0v) is 27.1. The SMILES string of the molecule is COc1ccc(N2C(=O)C3C(C2=O)[C@@H]2C[C@H]3C3Sc4[nH]c(=O)sc4[C@H](c4ccc(OCC(=O)Nc5ccccc5)c(OC)c4)C32)cc1. The van der Waals surface area contributed by atoms with E-state index < -0.39 is 5.92 Å². The molecule has 4 aromatic rings. The first-order valence-electron chi connectivity index (χ1n) is 15.4. The van der Waals surface area contributed by atoms with Crippen LogP contribution in [0.25, 0.3) is 0 Å². The fraction of sp³-hybridized carbons (Fsp3) is 0.314. The van der Waals surface area contributed by atoms with Gasteiger partial charge in [-0.2, -0.15) is 0 Å². The highest BCUT2D eigenvalue weighted by Crippen LogP contribution is 2.68. The maximum Gasteiger partial charge on any atom is 0.305 e. The molecule has 1 aromatic heterocycles.